The quantitative estimate of drug-likeness (QED) is 0.336. The molecule has 0 aliphatic rings. The van der Waals surface area contributed by atoms with Crippen molar-refractivity contribution >= 4 is 17.6 Å². The molecule has 0 saturated carbocycles. The molecule has 0 spiro atoms. The molecule has 1 aromatic heterocycles. The van der Waals surface area contributed by atoms with Crippen molar-refractivity contribution in [1.29, 1.82) is 0 Å². The van der Waals surface area contributed by atoms with Gasteiger partial charge in [0.25, 0.3) is 0 Å². The van der Waals surface area contributed by atoms with E-state index < -0.39 is 0 Å². The molecule has 30 heavy (non-hydrogen) atoms. The van der Waals surface area contributed by atoms with Gasteiger partial charge in [0.2, 0.25) is 11.8 Å². The Morgan fingerprint density at radius 1 is 1.20 bits per heavy atom. The van der Waals surface area contributed by atoms with Gasteiger partial charge in [-0.15, -0.1) is 6.42 Å². The molecule has 0 saturated heterocycles. The van der Waals surface area contributed by atoms with Gasteiger partial charge < -0.3 is 20.4 Å². The average Bonchev–Trinajstić information content (AvgIpc) is 3.23. The standard InChI is InChI=1S/C23H23N5O2/c1-4-17-6-5-7-19(12-17)27-21(29)14-26-23(24-3)25-13-20-15-30-22(28-20)18-10-8-16(2)9-11-18/h1,5-12,15H,13-14H2,2-3H3,(H,27,29)(H2,24,25,26). The van der Waals surface area contributed by atoms with Crippen LogP contribution in [0.15, 0.2) is 64.2 Å². The van der Waals surface area contributed by atoms with E-state index in [1.54, 1.807) is 37.6 Å². The number of hydrogen-bond acceptors (Lipinski definition) is 4. The van der Waals surface area contributed by atoms with Crippen molar-refractivity contribution < 1.29 is 9.21 Å². The van der Waals surface area contributed by atoms with Gasteiger partial charge in [-0.2, -0.15) is 0 Å². The Bertz CT molecular complexity index is 1080. The highest BCUT2D eigenvalue weighted by atomic mass is 16.3. The lowest BCUT2D eigenvalue weighted by Crippen LogP contribution is -2.41. The van der Waals surface area contributed by atoms with Crippen LogP contribution in [0, 0.1) is 19.3 Å². The second-order valence-corrected chi connectivity index (χ2v) is 6.56. The van der Waals surface area contributed by atoms with Gasteiger partial charge >= 0.3 is 0 Å². The molecular formula is C23H23N5O2. The fourth-order valence-corrected chi connectivity index (χ4v) is 2.67. The van der Waals surface area contributed by atoms with Gasteiger partial charge in [-0.25, -0.2) is 4.98 Å². The average molecular weight is 401 g/mol. The van der Waals surface area contributed by atoms with Crippen LogP contribution in [0.3, 0.4) is 0 Å². The first-order valence-electron chi connectivity index (χ1n) is 9.40. The number of terminal acetylenes is 1. The number of benzene rings is 2. The van der Waals surface area contributed by atoms with Gasteiger partial charge in [-0.1, -0.05) is 29.7 Å². The Hall–Kier alpha value is -4.05. The molecule has 3 rings (SSSR count). The van der Waals surface area contributed by atoms with E-state index >= 15 is 0 Å². The van der Waals surface area contributed by atoms with Crippen molar-refractivity contribution in [2.45, 2.75) is 13.5 Å². The summed E-state index contributed by atoms with van der Waals surface area (Å²) in [6.45, 7) is 2.48. The number of aryl methyl sites for hydroxylation is 1. The van der Waals surface area contributed by atoms with Crippen molar-refractivity contribution in [3.63, 3.8) is 0 Å². The molecule has 0 atom stereocenters. The lowest BCUT2D eigenvalue weighted by molar-refractivity contribution is -0.115. The molecule has 0 bridgehead atoms. The lowest BCUT2D eigenvalue weighted by Gasteiger charge is -2.11. The molecule has 0 fully saturated rings. The molecule has 3 N–H and O–H groups in total. The topological polar surface area (TPSA) is 91.5 Å². The second-order valence-electron chi connectivity index (χ2n) is 6.56. The number of rotatable bonds is 6. The molecule has 0 unspecified atom stereocenters. The minimum atomic E-state index is -0.213. The zero-order valence-electron chi connectivity index (χ0n) is 16.9. The smallest absolute Gasteiger partial charge is 0.243 e. The summed E-state index contributed by atoms with van der Waals surface area (Å²) in [5.74, 6) is 3.36. The van der Waals surface area contributed by atoms with E-state index in [-0.39, 0.29) is 12.5 Å². The Balaban J connectivity index is 1.48. The molecule has 3 aromatic rings. The van der Waals surface area contributed by atoms with Crippen molar-refractivity contribution in [2.75, 3.05) is 18.9 Å². The predicted octanol–water partition coefficient (Wildman–Crippen LogP) is 2.94. The minimum absolute atomic E-state index is 0.0490. The van der Waals surface area contributed by atoms with Crippen molar-refractivity contribution in [3.8, 4) is 23.8 Å². The summed E-state index contributed by atoms with van der Waals surface area (Å²) in [5.41, 5.74) is 4.17. The highest BCUT2D eigenvalue weighted by molar-refractivity contribution is 5.95. The fraction of sp³-hybridized carbons (Fsp3) is 0.174. The number of aliphatic imine (C=N–C) groups is 1. The predicted molar refractivity (Wildman–Crippen MR) is 118 cm³/mol. The summed E-state index contributed by atoms with van der Waals surface area (Å²) >= 11 is 0. The Morgan fingerprint density at radius 2 is 2.00 bits per heavy atom. The molecular weight excluding hydrogens is 378 g/mol. The summed E-state index contributed by atoms with van der Waals surface area (Å²) in [7, 11) is 1.63. The number of nitrogens with one attached hydrogen (secondary N) is 3. The molecule has 1 heterocycles. The monoisotopic (exact) mass is 401 g/mol. The third-order valence-electron chi connectivity index (χ3n) is 4.24. The van der Waals surface area contributed by atoms with Gasteiger partial charge in [0.15, 0.2) is 5.96 Å². The maximum absolute atomic E-state index is 12.2. The van der Waals surface area contributed by atoms with Crippen LogP contribution in [0.2, 0.25) is 0 Å². The van der Waals surface area contributed by atoms with Gasteiger partial charge in [-0.05, 0) is 37.3 Å². The molecule has 1 amide bonds. The van der Waals surface area contributed by atoms with Crippen molar-refractivity contribution in [1.82, 2.24) is 15.6 Å². The Kier molecular flexibility index (Phi) is 6.85. The van der Waals surface area contributed by atoms with E-state index in [1.165, 1.54) is 5.56 Å². The number of oxazole rings is 1. The summed E-state index contributed by atoms with van der Waals surface area (Å²) < 4.78 is 5.55. The third kappa shape index (κ3) is 5.72. The normalized spacial score (nSPS) is 10.9. The second kappa shape index (κ2) is 9.94. The van der Waals surface area contributed by atoms with Crippen LogP contribution in [0.4, 0.5) is 5.69 Å². The van der Waals surface area contributed by atoms with Gasteiger partial charge in [-0.3, -0.25) is 9.79 Å². The van der Waals surface area contributed by atoms with Crippen LogP contribution in [-0.4, -0.2) is 30.4 Å². The summed E-state index contributed by atoms with van der Waals surface area (Å²) in [4.78, 5) is 20.7. The zero-order chi connectivity index (χ0) is 21.3. The van der Waals surface area contributed by atoms with E-state index in [0.717, 1.165) is 11.3 Å². The van der Waals surface area contributed by atoms with Crippen LogP contribution in [0.1, 0.15) is 16.8 Å². The number of hydrogen-bond donors (Lipinski definition) is 3. The molecule has 0 aliphatic carbocycles. The number of aromatic nitrogens is 1. The van der Waals surface area contributed by atoms with Gasteiger partial charge in [0.1, 0.15) is 6.26 Å². The van der Waals surface area contributed by atoms with E-state index in [1.807, 2.05) is 31.2 Å². The summed E-state index contributed by atoms with van der Waals surface area (Å²) in [5, 5.41) is 8.86. The maximum atomic E-state index is 12.2. The number of nitrogens with zero attached hydrogens (tertiary/aromatic N) is 2. The number of carbonyl (C=O) groups is 1. The Labute approximate surface area is 175 Å². The van der Waals surface area contributed by atoms with Gasteiger partial charge in [0, 0.05) is 23.9 Å². The first-order valence-corrected chi connectivity index (χ1v) is 9.40. The molecule has 152 valence electrons. The van der Waals surface area contributed by atoms with Crippen LogP contribution >= 0.6 is 0 Å². The first-order chi connectivity index (χ1) is 14.6. The van der Waals surface area contributed by atoms with E-state index in [2.05, 4.69) is 31.8 Å². The molecule has 7 nitrogen and oxygen atoms in total. The maximum Gasteiger partial charge on any atom is 0.243 e. The number of carbonyl (C=O) groups excluding carboxylic acids is 1. The SMILES string of the molecule is C#Cc1cccc(NC(=O)CNC(=NC)NCc2coc(-c3ccc(C)cc3)n2)c1. The molecule has 7 heteroatoms. The van der Waals surface area contributed by atoms with Crippen LogP contribution < -0.4 is 16.0 Å². The van der Waals surface area contributed by atoms with Crippen LogP contribution in [-0.2, 0) is 11.3 Å². The lowest BCUT2D eigenvalue weighted by atomic mass is 10.1. The third-order valence-corrected chi connectivity index (χ3v) is 4.24. The number of guanidine groups is 1. The summed E-state index contributed by atoms with van der Waals surface area (Å²) in [6, 6.07) is 15.1. The number of amides is 1. The largest absolute Gasteiger partial charge is 0.444 e. The molecule has 0 radical (unpaired) electrons. The van der Waals surface area contributed by atoms with E-state index in [9.17, 15) is 4.79 Å². The molecule has 0 aliphatic heterocycles. The van der Waals surface area contributed by atoms with Gasteiger partial charge in [0.05, 0.1) is 18.8 Å². The fourth-order valence-electron chi connectivity index (χ4n) is 2.67. The highest BCUT2D eigenvalue weighted by Crippen LogP contribution is 2.19. The minimum Gasteiger partial charge on any atom is -0.444 e. The highest BCUT2D eigenvalue weighted by Gasteiger charge is 2.08. The van der Waals surface area contributed by atoms with Crippen LogP contribution in [0.25, 0.3) is 11.5 Å². The van der Waals surface area contributed by atoms with Crippen molar-refractivity contribution in [3.05, 3.63) is 71.6 Å². The molecule has 2 aromatic carbocycles. The Morgan fingerprint density at radius 3 is 2.73 bits per heavy atom. The van der Waals surface area contributed by atoms with Crippen LogP contribution in [0.5, 0.6) is 0 Å². The van der Waals surface area contributed by atoms with Crippen molar-refractivity contribution in [2.24, 2.45) is 4.99 Å². The van der Waals surface area contributed by atoms with E-state index in [4.69, 9.17) is 10.8 Å². The summed E-state index contributed by atoms with van der Waals surface area (Å²) in [6.07, 6.45) is 6.97. The first kappa shape index (κ1) is 20.7. The zero-order valence-corrected chi connectivity index (χ0v) is 16.9. The number of anilines is 1. The van der Waals surface area contributed by atoms with E-state index in [0.29, 0.717) is 29.6 Å².